The SMILES string of the molecule is CC(NC(=O)c1cnc2c(c1)N(CC1CC1)C(=O)CN2)c1ccccc1Cl. The van der Waals surface area contributed by atoms with Gasteiger partial charge in [0.05, 0.1) is 23.8 Å². The Labute approximate surface area is 162 Å². The lowest BCUT2D eigenvalue weighted by Crippen LogP contribution is -2.41. The van der Waals surface area contributed by atoms with Crippen molar-refractivity contribution in [2.45, 2.75) is 25.8 Å². The van der Waals surface area contributed by atoms with Gasteiger partial charge in [0, 0.05) is 17.8 Å². The summed E-state index contributed by atoms with van der Waals surface area (Å²) in [7, 11) is 0. The second kappa shape index (κ2) is 7.19. The van der Waals surface area contributed by atoms with E-state index < -0.39 is 0 Å². The van der Waals surface area contributed by atoms with Gasteiger partial charge < -0.3 is 15.5 Å². The summed E-state index contributed by atoms with van der Waals surface area (Å²) in [6.45, 7) is 2.81. The standard InChI is InChI=1S/C20H21ClN4O2/c1-12(15-4-2-3-5-16(15)21)24-20(27)14-8-17-19(22-9-14)23-10-18(26)25(17)11-13-6-7-13/h2-5,8-9,12-13H,6-7,10-11H2,1H3,(H,22,23)(H,24,27). The number of nitrogens with zero attached hydrogens (tertiary/aromatic N) is 2. The van der Waals surface area contributed by atoms with Crippen molar-refractivity contribution in [1.29, 1.82) is 0 Å². The Bertz CT molecular complexity index is 897. The number of anilines is 2. The zero-order chi connectivity index (χ0) is 19.0. The number of rotatable bonds is 5. The van der Waals surface area contributed by atoms with Crippen LogP contribution in [0.3, 0.4) is 0 Å². The molecule has 1 atom stereocenters. The Morgan fingerprint density at radius 1 is 1.41 bits per heavy atom. The predicted octanol–water partition coefficient (Wildman–Crippen LogP) is 3.39. The molecular formula is C20H21ClN4O2. The van der Waals surface area contributed by atoms with Gasteiger partial charge in [-0.3, -0.25) is 9.59 Å². The van der Waals surface area contributed by atoms with Crippen LogP contribution in [0.25, 0.3) is 0 Å². The maximum absolute atomic E-state index is 12.7. The molecule has 1 aliphatic carbocycles. The fourth-order valence-corrected chi connectivity index (χ4v) is 3.55. The predicted molar refractivity (Wildman–Crippen MR) is 105 cm³/mol. The van der Waals surface area contributed by atoms with E-state index in [0.717, 1.165) is 18.4 Å². The number of hydrogen-bond acceptors (Lipinski definition) is 4. The zero-order valence-corrected chi connectivity index (χ0v) is 15.8. The first kappa shape index (κ1) is 17.8. The quantitative estimate of drug-likeness (QED) is 0.828. The summed E-state index contributed by atoms with van der Waals surface area (Å²) < 4.78 is 0. The number of aromatic nitrogens is 1. The summed E-state index contributed by atoms with van der Waals surface area (Å²) in [4.78, 5) is 31.2. The minimum atomic E-state index is -0.248. The number of hydrogen-bond donors (Lipinski definition) is 2. The van der Waals surface area contributed by atoms with Gasteiger partial charge in [-0.1, -0.05) is 29.8 Å². The number of amides is 2. The Morgan fingerprint density at radius 2 is 2.19 bits per heavy atom. The highest BCUT2D eigenvalue weighted by atomic mass is 35.5. The number of pyridine rings is 1. The minimum Gasteiger partial charge on any atom is -0.359 e. The van der Waals surface area contributed by atoms with Crippen LogP contribution >= 0.6 is 11.6 Å². The van der Waals surface area contributed by atoms with Crippen LogP contribution in [0, 0.1) is 5.92 Å². The number of fused-ring (bicyclic) bond motifs is 1. The average molecular weight is 385 g/mol. The molecule has 4 rings (SSSR count). The molecule has 2 N–H and O–H groups in total. The van der Waals surface area contributed by atoms with Crippen molar-refractivity contribution < 1.29 is 9.59 Å². The van der Waals surface area contributed by atoms with Gasteiger partial charge in [0.15, 0.2) is 0 Å². The van der Waals surface area contributed by atoms with Gasteiger partial charge in [-0.15, -0.1) is 0 Å². The van der Waals surface area contributed by atoms with E-state index in [1.54, 1.807) is 17.0 Å². The summed E-state index contributed by atoms with van der Waals surface area (Å²) in [6, 6.07) is 8.92. The molecule has 7 heteroatoms. The Hall–Kier alpha value is -2.60. The number of nitrogens with one attached hydrogen (secondary N) is 2. The van der Waals surface area contributed by atoms with E-state index in [2.05, 4.69) is 15.6 Å². The van der Waals surface area contributed by atoms with Gasteiger partial charge in [-0.05, 0) is 43.4 Å². The van der Waals surface area contributed by atoms with Gasteiger partial charge in [-0.2, -0.15) is 0 Å². The van der Waals surface area contributed by atoms with Crippen molar-refractivity contribution in [3.8, 4) is 0 Å². The van der Waals surface area contributed by atoms with Crippen LogP contribution < -0.4 is 15.5 Å². The largest absolute Gasteiger partial charge is 0.359 e. The molecule has 0 bridgehead atoms. The van der Waals surface area contributed by atoms with E-state index in [-0.39, 0.29) is 24.4 Å². The maximum Gasteiger partial charge on any atom is 0.253 e. The van der Waals surface area contributed by atoms with E-state index in [9.17, 15) is 9.59 Å². The van der Waals surface area contributed by atoms with E-state index in [0.29, 0.717) is 34.6 Å². The highest BCUT2D eigenvalue weighted by Crippen LogP contribution is 2.35. The maximum atomic E-state index is 12.7. The Balaban J connectivity index is 1.55. The smallest absolute Gasteiger partial charge is 0.253 e. The summed E-state index contributed by atoms with van der Waals surface area (Å²) >= 11 is 6.22. The van der Waals surface area contributed by atoms with Crippen LogP contribution in [0.2, 0.25) is 5.02 Å². The van der Waals surface area contributed by atoms with Gasteiger partial charge in [-0.25, -0.2) is 4.98 Å². The molecule has 1 fully saturated rings. The molecule has 2 aliphatic rings. The molecule has 0 radical (unpaired) electrons. The molecule has 1 aliphatic heterocycles. The van der Waals surface area contributed by atoms with Gasteiger partial charge in [0.1, 0.15) is 5.82 Å². The summed E-state index contributed by atoms with van der Waals surface area (Å²) in [5.74, 6) is 0.962. The molecule has 140 valence electrons. The summed E-state index contributed by atoms with van der Waals surface area (Å²) in [6.07, 6.45) is 3.83. The highest BCUT2D eigenvalue weighted by Gasteiger charge is 2.32. The third-order valence-corrected chi connectivity index (χ3v) is 5.33. The van der Waals surface area contributed by atoms with E-state index in [1.165, 1.54) is 6.20 Å². The van der Waals surface area contributed by atoms with Crippen LogP contribution in [0.5, 0.6) is 0 Å². The van der Waals surface area contributed by atoms with E-state index in [4.69, 9.17) is 11.6 Å². The molecule has 0 saturated heterocycles. The highest BCUT2D eigenvalue weighted by molar-refractivity contribution is 6.31. The lowest BCUT2D eigenvalue weighted by atomic mass is 10.1. The molecule has 0 spiro atoms. The molecule has 2 amide bonds. The first-order valence-electron chi connectivity index (χ1n) is 9.12. The van der Waals surface area contributed by atoms with Crippen LogP contribution in [0.1, 0.15) is 41.7 Å². The topological polar surface area (TPSA) is 74.3 Å². The molecule has 1 aromatic carbocycles. The number of halogens is 1. The first-order chi connectivity index (χ1) is 13.0. The van der Waals surface area contributed by atoms with Crippen molar-refractivity contribution in [1.82, 2.24) is 10.3 Å². The van der Waals surface area contributed by atoms with Crippen LogP contribution in [0.15, 0.2) is 36.5 Å². The third kappa shape index (κ3) is 3.76. The van der Waals surface area contributed by atoms with E-state index >= 15 is 0 Å². The molecule has 6 nitrogen and oxygen atoms in total. The minimum absolute atomic E-state index is 0.0122. The van der Waals surface area contributed by atoms with Crippen molar-refractivity contribution in [2.24, 2.45) is 5.92 Å². The van der Waals surface area contributed by atoms with Crippen molar-refractivity contribution in [3.05, 3.63) is 52.7 Å². The lowest BCUT2D eigenvalue weighted by molar-refractivity contribution is -0.117. The molecule has 2 heterocycles. The summed E-state index contributed by atoms with van der Waals surface area (Å²) in [5.41, 5.74) is 1.95. The second-order valence-corrected chi connectivity index (χ2v) is 7.52. The second-order valence-electron chi connectivity index (χ2n) is 7.11. The van der Waals surface area contributed by atoms with Crippen LogP contribution in [-0.2, 0) is 4.79 Å². The Kier molecular flexibility index (Phi) is 4.74. The fraction of sp³-hybridized carbons (Fsp3) is 0.350. The monoisotopic (exact) mass is 384 g/mol. The molecule has 1 saturated carbocycles. The zero-order valence-electron chi connectivity index (χ0n) is 15.0. The van der Waals surface area contributed by atoms with Crippen molar-refractivity contribution >= 4 is 34.9 Å². The van der Waals surface area contributed by atoms with Crippen LogP contribution in [0.4, 0.5) is 11.5 Å². The number of carbonyl (C=O) groups is 2. The average Bonchev–Trinajstić information content (AvgIpc) is 3.48. The fourth-order valence-electron chi connectivity index (χ4n) is 3.25. The summed E-state index contributed by atoms with van der Waals surface area (Å²) in [5, 5.41) is 6.59. The van der Waals surface area contributed by atoms with Gasteiger partial charge >= 0.3 is 0 Å². The number of carbonyl (C=O) groups excluding carboxylic acids is 2. The van der Waals surface area contributed by atoms with Gasteiger partial charge in [0.2, 0.25) is 5.91 Å². The van der Waals surface area contributed by atoms with Crippen LogP contribution in [-0.4, -0.2) is 29.9 Å². The molecule has 27 heavy (non-hydrogen) atoms. The van der Waals surface area contributed by atoms with Crippen molar-refractivity contribution in [3.63, 3.8) is 0 Å². The molecule has 1 unspecified atom stereocenters. The normalized spacial score (nSPS) is 17.1. The van der Waals surface area contributed by atoms with Gasteiger partial charge in [0.25, 0.3) is 5.91 Å². The Morgan fingerprint density at radius 3 is 2.93 bits per heavy atom. The van der Waals surface area contributed by atoms with E-state index in [1.807, 2.05) is 25.1 Å². The molecule has 1 aromatic heterocycles. The molecular weight excluding hydrogens is 364 g/mol. The molecule has 2 aromatic rings. The van der Waals surface area contributed by atoms with Crippen molar-refractivity contribution in [2.75, 3.05) is 23.3 Å². The third-order valence-electron chi connectivity index (χ3n) is 4.99. The first-order valence-corrected chi connectivity index (χ1v) is 9.50. The lowest BCUT2D eigenvalue weighted by Gasteiger charge is -2.29. The number of benzene rings is 1.